The second-order valence-corrected chi connectivity index (χ2v) is 9.82. The van der Waals surface area contributed by atoms with Crippen molar-refractivity contribution < 1.29 is 9.47 Å². The predicted octanol–water partition coefficient (Wildman–Crippen LogP) is 8.05. The van der Waals surface area contributed by atoms with Crippen molar-refractivity contribution >= 4 is 0 Å². The Labute approximate surface area is 179 Å². The molecule has 2 saturated carbocycles. The number of hydrogen-bond donors (Lipinski definition) is 0. The summed E-state index contributed by atoms with van der Waals surface area (Å²) in [4.78, 5) is 0. The molecule has 1 aromatic carbocycles. The molecule has 0 aromatic heterocycles. The summed E-state index contributed by atoms with van der Waals surface area (Å²) in [6.45, 7) is 6.44. The van der Waals surface area contributed by atoms with Crippen molar-refractivity contribution in [2.45, 2.75) is 97.3 Å². The van der Waals surface area contributed by atoms with Crippen molar-refractivity contribution in [3.8, 4) is 11.5 Å². The summed E-state index contributed by atoms with van der Waals surface area (Å²) in [5, 5.41) is 0. The Balaban J connectivity index is 1.28. The van der Waals surface area contributed by atoms with Gasteiger partial charge in [0.1, 0.15) is 11.5 Å². The highest BCUT2D eigenvalue weighted by molar-refractivity contribution is 5.31. The van der Waals surface area contributed by atoms with Crippen LogP contribution in [0.1, 0.15) is 97.3 Å². The fraction of sp³-hybridized carbons (Fsp3) is 0.778. The van der Waals surface area contributed by atoms with Crippen LogP contribution < -0.4 is 9.47 Å². The van der Waals surface area contributed by atoms with E-state index in [-0.39, 0.29) is 0 Å². The molecular weight excluding hydrogens is 356 g/mol. The van der Waals surface area contributed by atoms with Gasteiger partial charge in [-0.1, -0.05) is 71.6 Å². The van der Waals surface area contributed by atoms with Crippen LogP contribution in [0, 0.1) is 23.7 Å². The Morgan fingerprint density at radius 1 is 0.759 bits per heavy atom. The SMILES string of the molecule is CCCCC1CCC(COc2ccc(OCCCC3CCCCC3C)cc2)CC1. The number of rotatable bonds is 11. The highest BCUT2D eigenvalue weighted by Gasteiger charge is 2.22. The number of unbranched alkanes of at least 4 members (excludes halogenated alkanes) is 1. The molecule has 2 nitrogen and oxygen atoms in total. The molecule has 0 bridgehead atoms. The van der Waals surface area contributed by atoms with E-state index >= 15 is 0 Å². The van der Waals surface area contributed by atoms with Gasteiger partial charge in [0.15, 0.2) is 0 Å². The van der Waals surface area contributed by atoms with Crippen LogP contribution in [0.15, 0.2) is 24.3 Å². The zero-order valence-corrected chi connectivity index (χ0v) is 19.0. The first kappa shape index (κ1) is 22.5. The van der Waals surface area contributed by atoms with E-state index in [9.17, 15) is 0 Å². The second-order valence-electron chi connectivity index (χ2n) is 9.82. The molecule has 1 aromatic rings. The molecule has 2 fully saturated rings. The smallest absolute Gasteiger partial charge is 0.119 e. The molecular formula is C27H44O2. The Hall–Kier alpha value is -1.18. The van der Waals surface area contributed by atoms with Crippen LogP contribution in [0.4, 0.5) is 0 Å². The highest BCUT2D eigenvalue weighted by atomic mass is 16.5. The minimum Gasteiger partial charge on any atom is -0.494 e. The summed E-state index contributed by atoms with van der Waals surface area (Å²) >= 11 is 0. The maximum atomic E-state index is 6.08. The lowest BCUT2D eigenvalue weighted by Crippen LogP contribution is -2.20. The van der Waals surface area contributed by atoms with Gasteiger partial charge in [0.25, 0.3) is 0 Å². The first-order valence-corrected chi connectivity index (χ1v) is 12.6. The first-order valence-electron chi connectivity index (χ1n) is 12.6. The van der Waals surface area contributed by atoms with Crippen molar-refractivity contribution in [3.63, 3.8) is 0 Å². The largest absolute Gasteiger partial charge is 0.494 e. The molecule has 0 saturated heterocycles. The molecule has 164 valence electrons. The van der Waals surface area contributed by atoms with E-state index in [4.69, 9.17) is 9.47 Å². The van der Waals surface area contributed by atoms with Gasteiger partial charge in [-0.3, -0.25) is 0 Å². The van der Waals surface area contributed by atoms with Crippen LogP contribution in [-0.2, 0) is 0 Å². The summed E-state index contributed by atoms with van der Waals surface area (Å²) in [6.07, 6.45) is 17.9. The van der Waals surface area contributed by atoms with E-state index in [1.807, 2.05) is 0 Å². The third kappa shape index (κ3) is 7.87. The Bertz CT molecular complexity index is 544. The molecule has 2 atom stereocenters. The molecule has 2 unspecified atom stereocenters. The van der Waals surface area contributed by atoms with E-state index in [1.165, 1.54) is 83.5 Å². The van der Waals surface area contributed by atoms with Crippen LogP contribution in [-0.4, -0.2) is 13.2 Å². The Morgan fingerprint density at radius 2 is 1.41 bits per heavy atom. The quantitative estimate of drug-likeness (QED) is 0.350. The molecule has 0 spiro atoms. The van der Waals surface area contributed by atoms with E-state index in [1.54, 1.807) is 0 Å². The average molecular weight is 401 g/mol. The standard InChI is InChI=1S/C27H44O2/c1-3-4-9-23-12-14-24(15-13-23)21-29-27-18-16-26(17-19-27)28-20-7-11-25-10-6-5-8-22(25)2/h16-19,22-25H,3-15,20-21H2,1-2H3. The summed E-state index contributed by atoms with van der Waals surface area (Å²) in [5.74, 6) is 5.51. The maximum Gasteiger partial charge on any atom is 0.119 e. The van der Waals surface area contributed by atoms with Crippen LogP contribution >= 0.6 is 0 Å². The van der Waals surface area contributed by atoms with Crippen LogP contribution in [0.2, 0.25) is 0 Å². The topological polar surface area (TPSA) is 18.5 Å². The van der Waals surface area contributed by atoms with Crippen LogP contribution in [0.3, 0.4) is 0 Å². The van der Waals surface area contributed by atoms with Gasteiger partial charge in [0.2, 0.25) is 0 Å². The van der Waals surface area contributed by atoms with Gasteiger partial charge < -0.3 is 9.47 Å². The van der Waals surface area contributed by atoms with Gasteiger partial charge >= 0.3 is 0 Å². The van der Waals surface area contributed by atoms with E-state index < -0.39 is 0 Å². The highest BCUT2D eigenvalue weighted by Crippen LogP contribution is 2.33. The number of ether oxygens (including phenoxy) is 2. The lowest BCUT2D eigenvalue weighted by molar-refractivity contribution is 0.178. The third-order valence-corrected chi connectivity index (χ3v) is 7.52. The summed E-state index contributed by atoms with van der Waals surface area (Å²) in [5.41, 5.74) is 0. The normalized spacial score (nSPS) is 27.5. The second kappa shape index (κ2) is 12.5. The Kier molecular flexibility index (Phi) is 9.70. The first-order chi connectivity index (χ1) is 14.2. The van der Waals surface area contributed by atoms with Crippen molar-refractivity contribution in [1.82, 2.24) is 0 Å². The van der Waals surface area contributed by atoms with Gasteiger partial charge in [-0.15, -0.1) is 0 Å². The minimum absolute atomic E-state index is 0.742. The Morgan fingerprint density at radius 3 is 2.10 bits per heavy atom. The molecule has 0 amide bonds. The fourth-order valence-electron chi connectivity index (χ4n) is 5.38. The zero-order chi connectivity index (χ0) is 20.3. The maximum absolute atomic E-state index is 6.08. The average Bonchev–Trinajstić information content (AvgIpc) is 2.76. The molecule has 3 rings (SSSR count). The lowest BCUT2D eigenvalue weighted by atomic mass is 9.78. The van der Waals surface area contributed by atoms with Gasteiger partial charge in [-0.25, -0.2) is 0 Å². The number of benzene rings is 1. The third-order valence-electron chi connectivity index (χ3n) is 7.52. The summed E-state index contributed by atoms with van der Waals surface area (Å²) < 4.78 is 12.0. The lowest BCUT2D eigenvalue weighted by Gasteiger charge is -2.28. The summed E-state index contributed by atoms with van der Waals surface area (Å²) in [7, 11) is 0. The predicted molar refractivity (Wildman–Crippen MR) is 123 cm³/mol. The minimum atomic E-state index is 0.742. The fourth-order valence-corrected chi connectivity index (χ4v) is 5.38. The van der Waals surface area contributed by atoms with E-state index in [2.05, 4.69) is 38.1 Å². The van der Waals surface area contributed by atoms with Gasteiger partial charge in [-0.05, 0) is 73.6 Å². The van der Waals surface area contributed by atoms with Crippen molar-refractivity contribution in [2.24, 2.45) is 23.7 Å². The van der Waals surface area contributed by atoms with E-state index in [0.717, 1.165) is 48.4 Å². The van der Waals surface area contributed by atoms with E-state index in [0.29, 0.717) is 0 Å². The van der Waals surface area contributed by atoms with Crippen LogP contribution in [0.5, 0.6) is 11.5 Å². The van der Waals surface area contributed by atoms with Gasteiger partial charge in [0.05, 0.1) is 13.2 Å². The van der Waals surface area contributed by atoms with Crippen LogP contribution in [0.25, 0.3) is 0 Å². The molecule has 0 heterocycles. The van der Waals surface area contributed by atoms with Crippen molar-refractivity contribution in [1.29, 1.82) is 0 Å². The van der Waals surface area contributed by atoms with Gasteiger partial charge in [0, 0.05) is 0 Å². The molecule has 2 heteroatoms. The van der Waals surface area contributed by atoms with Crippen molar-refractivity contribution in [3.05, 3.63) is 24.3 Å². The number of hydrogen-bond acceptors (Lipinski definition) is 2. The zero-order valence-electron chi connectivity index (χ0n) is 19.0. The molecule has 0 radical (unpaired) electrons. The molecule has 2 aliphatic rings. The van der Waals surface area contributed by atoms with Gasteiger partial charge in [-0.2, -0.15) is 0 Å². The molecule has 29 heavy (non-hydrogen) atoms. The molecule has 0 aliphatic heterocycles. The molecule has 0 N–H and O–H groups in total. The summed E-state index contributed by atoms with van der Waals surface area (Å²) in [6, 6.07) is 8.29. The molecule has 2 aliphatic carbocycles. The van der Waals surface area contributed by atoms with Crippen molar-refractivity contribution in [2.75, 3.05) is 13.2 Å². The monoisotopic (exact) mass is 400 g/mol.